The Kier molecular flexibility index (Phi) is 9.35. The second-order valence-corrected chi connectivity index (χ2v) is 12.7. The molecule has 5 rings (SSSR count). The van der Waals surface area contributed by atoms with Gasteiger partial charge < -0.3 is 24.5 Å². The summed E-state index contributed by atoms with van der Waals surface area (Å²) in [5.74, 6) is -2.33. The predicted octanol–water partition coefficient (Wildman–Crippen LogP) is 4.92. The van der Waals surface area contributed by atoms with Crippen molar-refractivity contribution < 1.29 is 24.2 Å². The van der Waals surface area contributed by atoms with Crippen LogP contribution in [0.25, 0.3) is 0 Å². The van der Waals surface area contributed by atoms with E-state index in [4.69, 9.17) is 16.3 Å². The molecule has 3 aliphatic heterocycles. The Bertz CT molecular complexity index is 1410. The molecule has 0 saturated carbocycles. The van der Waals surface area contributed by atoms with Gasteiger partial charge >= 0.3 is 0 Å². The fourth-order valence-corrected chi connectivity index (χ4v) is 7.96. The summed E-state index contributed by atoms with van der Waals surface area (Å²) in [4.78, 5) is 48.7. The van der Waals surface area contributed by atoms with E-state index < -0.39 is 29.1 Å². The van der Waals surface area contributed by atoms with Gasteiger partial charge in [-0.1, -0.05) is 66.2 Å². The number of benzene rings is 2. The molecule has 3 heterocycles. The summed E-state index contributed by atoms with van der Waals surface area (Å²) >= 11 is 6.66. The molecule has 1 spiro atoms. The van der Waals surface area contributed by atoms with E-state index in [2.05, 4.69) is 13.2 Å². The number of aryl methyl sites for hydroxylation is 1. The fraction of sp³-hybridized carbons (Fsp3) is 0.457. The summed E-state index contributed by atoms with van der Waals surface area (Å²) in [6.07, 6.45) is 5.33. The maximum absolute atomic E-state index is 14.8. The third-order valence-corrected chi connectivity index (χ3v) is 9.80. The van der Waals surface area contributed by atoms with Crippen LogP contribution < -0.4 is 4.90 Å². The first kappa shape index (κ1) is 31.9. The van der Waals surface area contributed by atoms with Crippen molar-refractivity contribution >= 4 is 35.0 Å². The number of carbonyl (C=O) groups excluding carboxylic acids is 3. The summed E-state index contributed by atoms with van der Waals surface area (Å²) in [7, 11) is 0. The molecule has 1 N–H and O–H groups in total. The molecular weight excluding hydrogens is 578 g/mol. The number of carbonyl (C=O) groups is 3. The molecule has 9 heteroatoms. The van der Waals surface area contributed by atoms with Gasteiger partial charge in [0.15, 0.2) is 0 Å². The number of rotatable bonds is 13. The molecule has 2 unspecified atom stereocenters. The number of aliphatic hydroxyl groups is 1. The number of halogens is 1. The van der Waals surface area contributed by atoms with E-state index in [0.29, 0.717) is 49.5 Å². The Hall–Kier alpha value is -3.46. The number of anilines is 1. The van der Waals surface area contributed by atoms with Crippen LogP contribution in [0.2, 0.25) is 5.02 Å². The highest BCUT2D eigenvalue weighted by Gasteiger charge is 2.78. The van der Waals surface area contributed by atoms with E-state index in [9.17, 15) is 19.5 Å². The lowest BCUT2D eigenvalue weighted by Gasteiger charge is -2.37. The van der Waals surface area contributed by atoms with Gasteiger partial charge in [0, 0.05) is 32.8 Å². The molecule has 44 heavy (non-hydrogen) atoms. The number of ether oxygens (including phenoxy) is 1. The van der Waals surface area contributed by atoms with E-state index in [-0.39, 0.29) is 37.4 Å². The zero-order valence-electron chi connectivity index (χ0n) is 25.6. The standard InChI is InChI=1S/C35H42ClN3O5/c1-5-19-37(23-25-14-8-7-9-15-25)31(41)27-28-32(42)39(21-10-11-22-40)30(35(28)18-17-34(27,4)44-35)33(43)38(20-6-2)29-24(3)13-12-16-26(29)36/h5-9,12-16,27-28,30,40H,1-2,10-11,17-23H2,3-4H3/t27-,28-,30?,34+,35?/m0/s1. The Morgan fingerprint density at radius 2 is 1.80 bits per heavy atom. The number of fused-ring (bicyclic) bond motifs is 1. The first-order chi connectivity index (χ1) is 21.1. The van der Waals surface area contributed by atoms with Crippen molar-refractivity contribution in [2.24, 2.45) is 11.8 Å². The molecule has 2 bridgehead atoms. The highest BCUT2D eigenvalue weighted by molar-refractivity contribution is 6.34. The van der Waals surface area contributed by atoms with Gasteiger partial charge in [-0.05, 0) is 56.7 Å². The molecule has 8 nitrogen and oxygen atoms in total. The van der Waals surface area contributed by atoms with E-state index in [1.54, 1.807) is 32.9 Å². The molecule has 5 atom stereocenters. The van der Waals surface area contributed by atoms with E-state index in [1.165, 1.54) is 0 Å². The Morgan fingerprint density at radius 3 is 2.45 bits per heavy atom. The molecular formula is C35H42ClN3O5. The van der Waals surface area contributed by atoms with E-state index >= 15 is 0 Å². The van der Waals surface area contributed by atoms with Gasteiger partial charge in [-0.3, -0.25) is 14.4 Å². The molecule has 3 saturated heterocycles. The average molecular weight is 620 g/mol. The van der Waals surface area contributed by atoms with Crippen LogP contribution in [0.4, 0.5) is 5.69 Å². The number of hydrogen-bond donors (Lipinski definition) is 1. The number of nitrogens with zero attached hydrogens (tertiary/aromatic N) is 3. The molecule has 0 radical (unpaired) electrons. The zero-order chi connectivity index (χ0) is 31.6. The zero-order valence-corrected chi connectivity index (χ0v) is 26.3. The van der Waals surface area contributed by atoms with Crippen molar-refractivity contribution in [3.63, 3.8) is 0 Å². The normalized spacial score (nSPS) is 26.9. The summed E-state index contributed by atoms with van der Waals surface area (Å²) in [5, 5.41) is 9.93. The number of amides is 3. The Labute approximate surface area is 264 Å². The maximum Gasteiger partial charge on any atom is 0.253 e. The quantitative estimate of drug-likeness (QED) is 0.254. The summed E-state index contributed by atoms with van der Waals surface area (Å²) in [6, 6.07) is 14.2. The van der Waals surface area contributed by atoms with Gasteiger partial charge in [0.05, 0.1) is 28.1 Å². The summed E-state index contributed by atoms with van der Waals surface area (Å²) in [5.41, 5.74) is 0.262. The minimum absolute atomic E-state index is 0.0255. The molecule has 2 aromatic carbocycles. The van der Waals surface area contributed by atoms with Crippen molar-refractivity contribution in [3.8, 4) is 0 Å². The van der Waals surface area contributed by atoms with Crippen molar-refractivity contribution in [1.82, 2.24) is 9.80 Å². The molecule has 0 aromatic heterocycles. The van der Waals surface area contributed by atoms with Crippen LogP contribution in [-0.4, -0.2) is 76.1 Å². The first-order valence-electron chi connectivity index (χ1n) is 15.4. The lowest BCUT2D eigenvalue weighted by molar-refractivity contribution is -0.150. The van der Waals surface area contributed by atoms with E-state index in [0.717, 1.165) is 11.1 Å². The van der Waals surface area contributed by atoms with Crippen LogP contribution in [-0.2, 0) is 25.7 Å². The van der Waals surface area contributed by atoms with Crippen LogP contribution >= 0.6 is 11.6 Å². The third-order valence-electron chi connectivity index (χ3n) is 9.50. The number of para-hydroxylation sites is 1. The van der Waals surface area contributed by atoms with Crippen LogP contribution in [0.1, 0.15) is 43.7 Å². The molecule has 234 valence electrons. The van der Waals surface area contributed by atoms with Crippen molar-refractivity contribution in [1.29, 1.82) is 0 Å². The summed E-state index contributed by atoms with van der Waals surface area (Å²) in [6.45, 7) is 12.7. The van der Waals surface area contributed by atoms with Gasteiger partial charge in [0.1, 0.15) is 11.6 Å². The highest BCUT2D eigenvalue weighted by atomic mass is 35.5. The van der Waals surface area contributed by atoms with Gasteiger partial charge in [0.2, 0.25) is 11.8 Å². The van der Waals surface area contributed by atoms with Crippen LogP contribution in [0, 0.1) is 18.8 Å². The van der Waals surface area contributed by atoms with Crippen molar-refractivity contribution in [2.45, 2.75) is 63.3 Å². The molecule has 3 amide bonds. The lowest BCUT2D eigenvalue weighted by Crippen LogP contribution is -2.56. The number of likely N-dealkylation sites (tertiary alicyclic amines) is 1. The number of unbranched alkanes of at least 4 members (excludes halogenated alkanes) is 1. The second kappa shape index (κ2) is 12.9. The molecule has 0 aliphatic carbocycles. The SMILES string of the molecule is C=CCN(Cc1ccccc1)C(=O)[C@@H]1[C@H]2C(=O)N(CCCCO)C(C(=O)N(CC=C)c3c(C)cccc3Cl)C23CC[C@@]1(C)O3. The van der Waals surface area contributed by atoms with E-state index in [1.807, 2.05) is 56.3 Å². The van der Waals surface area contributed by atoms with Gasteiger partial charge in [0.25, 0.3) is 5.91 Å². The largest absolute Gasteiger partial charge is 0.396 e. The second-order valence-electron chi connectivity index (χ2n) is 12.3. The minimum Gasteiger partial charge on any atom is -0.396 e. The van der Waals surface area contributed by atoms with Gasteiger partial charge in [-0.15, -0.1) is 13.2 Å². The molecule has 3 fully saturated rings. The third kappa shape index (κ3) is 5.37. The van der Waals surface area contributed by atoms with Crippen LogP contribution in [0.15, 0.2) is 73.8 Å². The average Bonchev–Trinajstić information content (AvgIpc) is 3.57. The monoisotopic (exact) mass is 619 g/mol. The first-order valence-corrected chi connectivity index (χ1v) is 15.7. The Balaban J connectivity index is 1.57. The Morgan fingerprint density at radius 1 is 1.07 bits per heavy atom. The summed E-state index contributed by atoms with van der Waals surface area (Å²) < 4.78 is 6.86. The highest BCUT2D eigenvalue weighted by Crippen LogP contribution is 2.63. The number of hydrogen-bond acceptors (Lipinski definition) is 5. The molecule has 2 aromatic rings. The smallest absolute Gasteiger partial charge is 0.253 e. The lowest BCUT2D eigenvalue weighted by atomic mass is 9.66. The van der Waals surface area contributed by atoms with Crippen LogP contribution in [0.5, 0.6) is 0 Å². The number of aliphatic hydroxyl groups excluding tert-OH is 1. The molecule has 3 aliphatic rings. The predicted molar refractivity (Wildman–Crippen MR) is 171 cm³/mol. The van der Waals surface area contributed by atoms with Crippen molar-refractivity contribution in [2.75, 3.05) is 31.1 Å². The van der Waals surface area contributed by atoms with Crippen LogP contribution in [0.3, 0.4) is 0 Å². The van der Waals surface area contributed by atoms with Gasteiger partial charge in [-0.2, -0.15) is 0 Å². The fourth-order valence-electron chi connectivity index (χ4n) is 7.64. The minimum atomic E-state index is -1.18. The van der Waals surface area contributed by atoms with Gasteiger partial charge in [-0.25, -0.2) is 0 Å². The maximum atomic E-state index is 14.8. The van der Waals surface area contributed by atoms with Crippen molar-refractivity contribution in [3.05, 3.63) is 90.0 Å². The topological polar surface area (TPSA) is 90.4 Å².